The number of amides is 1. The van der Waals surface area contributed by atoms with Gasteiger partial charge in [-0.1, -0.05) is 24.6 Å². The summed E-state index contributed by atoms with van der Waals surface area (Å²) in [5.74, 6) is 0.890. The van der Waals surface area contributed by atoms with Crippen LogP contribution in [0.5, 0.6) is 0 Å². The number of nitrogens with zero attached hydrogens (tertiary/aromatic N) is 2. The van der Waals surface area contributed by atoms with Crippen LogP contribution in [0.2, 0.25) is 0 Å². The standard InChI is InChI=1S/C22H26N2O3/c1-16-15-19(17-7-5-8-17)27-22(26)20(16)21(25)24-12-6-11-23(13-14-24)18-9-3-2-4-10-18/h2-4,9-10,15,17H,5-8,11-14H2,1H3. The Labute approximate surface area is 159 Å². The van der Waals surface area contributed by atoms with Crippen molar-refractivity contribution < 1.29 is 9.21 Å². The first-order valence-corrected chi connectivity index (χ1v) is 9.87. The number of para-hydroxylation sites is 1. The van der Waals surface area contributed by atoms with Crippen LogP contribution < -0.4 is 10.5 Å². The van der Waals surface area contributed by atoms with Crippen LogP contribution in [0.3, 0.4) is 0 Å². The largest absolute Gasteiger partial charge is 0.427 e. The van der Waals surface area contributed by atoms with Crippen molar-refractivity contribution in [2.75, 3.05) is 31.1 Å². The van der Waals surface area contributed by atoms with Gasteiger partial charge in [-0.25, -0.2) is 4.79 Å². The molecule has 0 radical (unpaired) electrons. The number of anilines is 1. The summed E-state index contributed by atoms with van der Waals surface area (Å²) in [5, 5.41) is 0. The van der Waals surface area contributed by atoms with E-state index in [1.165, 1.54) is 12.1 Å². The van der Waals surface area contributed by atoms with Gasteiger partial charge in [0.15, 0.2) is 0 Å². The maximum atomic E-state index is 13.0. The molecule has 0 N–H and O–H groups in total. The molecule has 1 aromatic carbocycles. The van der Waals surface area contributed by atoms with Crippen molar-refractivity contribution in [3.05, 3.63) is 63.7 Å². The third-order valence-corrected chi connectivity index (χ3v) is 5.79. The fraction of sp³-hybridized carbons (Fsp3) is 0.455. The number of hydrogen-bond donors (Lipinski definition) is 0. The van der Waals surface area contributed by atoms with Crippen molar-refractivity contribution in [3.8, 4) is 0 Å². The van der Waals surface area contributed by atoms with Gasteiger partial charge in [-0.05, 0) is 49.9 Å². The molecular formula is C22H26N2O3. The molecule has 27 heavy (non-hydrogen) atoms. The topological polar surface area (TPSA) is 53.8 Å². The lowest BCUT2D eigenvalue weighted by Gasteiger charge is -2.25. The Bertz CT molecular complexity index is 871. The van der Waals surface area contributed by atoms with Gasteiger partial charge in [-0.3, -0.25) is 4.79 Å². The molecule has 1 aliphatic carbocycles. The summed E-state index contributed by atoms with van der Waals surface area (Å²) in [6, 6.07) is 12.1. The molecule has 5 nitrogen and oxygen atoms in total. The van der Waals surface area contributed by atoms with Gasteiger partial charge in [0.1, 0.15) is 11.3 Å². The zero-order chi connectivity index (χ0) is 18.8. The second-order valence-corrected chi connectivity index (χ2v) is 7.59. The average Bonchev–Trinajstić information content (AvgIpc) is 2.86. The SMILES string of the molecule is Cc1cc(C2CCC2)oc(=O)c1C(=O)N1CCCN(c2ccccc2)CC1. The van der Waals surface area contributed by atoms with E-state index in [0.29, 0.717) is 19.0 Å². The Morgan fingerprint density at radius 1 is 1.04 bits per heavy atom. The number of carbonyl (C=O) groups excluding carboxylic acids is 1. The molecule has 2 aliphatic rings. The zero-order valence-corrected chi connectivity index (χ0v) is 15.8. The lowest BCUT2D eigenvalue weighted by molar-refractivity contribution is 0.0760. The molecule has 0 unspecified atom stereocenters. The highest BCUT2D eigenvalue weighted by Gasteiger charge is 2.28. The van der Waals surface area contributed by atoms with Crippen molar-refractivity contribution in [3.63, 3.8) is 0 Å². The van der Waals surface area contributed by atoms with E-state index in [9.17, 15) is 9.59 Å². The fourth-order valence-corrected chi connectivity index (χ4v) is 3.96. The lowest BCUT2D eigenvalue weighted by Crippen LogP contribution is -2.38. The van der Waals surface area contributed by atoms with Crippen LogP contribution in [0.15, 0.2) is 45.6 Å². The predicted molar refractivity (Wildman–Crippen MR) is 105 cm³/mol. The van der Waals surface area contributed by atoms with Crippen molar-refractivity contribution in [1.29, 1.82) is 0 Å². The molecule has 1 aromatic heterocycles. The van der Waals surface area contributed by atoms with Gasteiger partial charge in [0.05, 0.1) is 0 Å². The fourth-order valence-electron chi connectivity index (χ4n) is 3.96. The Morgan fingerprint density at radius 3 is 2.48 bits per heavy atom. The van der Waals surface area contributed by atoms with E-state index < -0.39 is 5.63 Å². The average molecular weight is 366 g/mol. The van der Waals surface area contributed by atoms with E-state index in [2.05, 4.69) is 17.0 Å². The molecule has 2 heterocycles. The van der Waals surface area contributed by atoms with Gasteiger partial charge in [-0.15, -0.1) is 0 Å². The molecule has 142 valence electrons. The Balaban J connectivity index is 1.50. The first-order valence-electron chi connectivity index (χ1n) is 9.87. The number of carbonyl (C=O) groups is 1. The first-order chi connectivity index (χ1) is 13.1. The number of benzene rings is 1. The molecule has 0 spiro atoms. The maximum Gasteiger partial charge on any atom is 0.349 e. The normalized spacial score (nSPS) is 18.1. The minimum absolute atomic E-state index is 0.198. The molecule has 1 saturated carbocycles. The molecular weight excluding hydrogens is 340 g/mol. The van der Waals surface area contributed by atoms with Gasteiger partial charge in [0.25, 0.3) is 5.91 Å². The summed E-state index contributed by atoms with van der Waals surface area (Å²) in [6.07, 6.45) is 4.19. The molecule has 1 amide bonds. The summed E-state index contributed by atoms with van der Waals surface area (Å²) >= 11 is 0. The number of aryl methyl sites for hydroxylation is 1. The highest BCUT2D eigenvalue weighted by molar-refractivity contribution is 5.95. The van der Waals surface area contributed by atoms with Crippen LogP contribution in [-0.2, 0) is 0 Å². The quantitative estimate of drug-likeness (QED) is 0.833. The Kier molecular flexibility index (Phi) is 5.01. The molecule has 1 saturated heterocycles. The molecule has 4 rings (SSSR count). The maximum absolute atomic E-state index is 13.0. The minimum atomic E-state index is -0.480. The van der Waals surface area contributed by atoms with E-state index in [0.717, 1.165) is 43.7 Å². The monoisotopic (exact) mass is 366 g/mol. The molecule has 0 atom stereocenters. The summed E-state index contributed by atoms with van der Waals surface area (Å²) in [7, 11) is 0. The molecule has 0 bridgehead atoms. The van der Waals surface area contributed by atoms with Crippen LogP contribution in [0.1, 0.15) is 53.3 Å². The van der Waals surface area contributed by atoms with Gasteiger partial charge in [0, 0.05) is 37.8 Å². The smallest absolute Gasteiger partial charge is 0.349 e. The Morgan fingerprint density at radius 2 is 1.81 bits per heavy atom. The van der Waals surface area contributed by atoms with Crippen LogP contribution in [0.4, 0.5) is 5.69 Å². The van der Waals surface area contributed by atoms with E-state index in [1.807, 2.05) is 31.2 Å². The number of rotatable bonds is 3. The van der Waals surface area contributed by atoms with Gasteiger partial charge < -0.3 is 14.2 Å². The van der Waals surface area contributed by atoms with Crippen LogP contribution in [0.25, 0.3) is 0 Å². The third-order valence-electron chi connectivity index (χ3n) is 5.79. The van der Waals surface area contributed by atoms with Gasteiger partial charge >= 0.3 is 5.63 Å². The number of hydrogen-bond acceptors (Lipinski definition) is 4. The van der Waals surface area contributed by atoms with E-state index in [4.69, 9.17) is 4.42 Å². The van der Waals surface area contributed by atoms with Crippen molar-refractivity contribution in [2.24, 2.45) is 0 Å². The van der Waals surface area contributed by atoms with Crippen molar-refractivity contribution in [2.45, 2.75) is 38.5 Å². The summed E-state index contributed by atoms with van der Waals surface area (Å²) in [4.78, 5) is 29.7. The third kappa shape index (κ3) is 3.64. The molecule has 1 aliphatic heterocycles. The molecule has 5 heteroatoms. The Hall–Kier alpha value is -2.56. The van der Waals surface area contributed by atoms with Gasteiger partial charge in [0.2, 0.25) is 0 Å². The van der Waals surface area contributed by atoms with Gasteiger partial charge in [-0.2, -0.15) is 0 Å². The van der Waals surface area contributed by atoms with Crippen molar-refractivity contribution >= 4 is 11.6 Å². The summed E-state index contributed by atoms with van der Waals surface area (Å²) < 4.78 is 5.51. The molecule has 2 fully saturated rings. The highest BCUT2D eigenvalue weighted by Crippen LogP contribution is 2.36. The summed E-state index contributed by atoms with van der Waals surface area (Å²) in [6.45, 7) is 4.78. The van der Waals surface area contributed by atoms with Crippen LogP contribution >= 0.6 is 0 Å². The second-order valence-electron chi connectivity index (χ2n) is 7.59. The van der Waals surface area contributed by atoms with Crippen LogP contribution in [-0.4, -0.2) is 37.0 Å². The minimum Gasteiger partial charge on any atom is -0.427 e. The van der Waals surface area contributed by atoms with Crippen molar-refractivity contribution in [1.82, 2.24) is 4.90 Å². The second kappa shape index (κ2) is 7.59. The lowest BCUT2D eigenvalue weighted by atomic mass is 9.83. The first kappa shape index (κ1) is 17.8. The zero-order valence-electron chi connectivity index (χ0n) is 15.8. The molecule has 2 aromatic rings. The van der Waals surface area contributed by atoms with E-state index >= 15 is 0 Å². The predicted octanol–water partition coefficient (Wildman–Crippen LogP) is 3.57. The van der Waals surface area contributed by atoms with Crippen LogP contribution in [0, 0.1) is 6.92 Å². The van der Waals surface area contributed by atoms with E-state index in [1.54, 1.807) is 4.90 Å². The highest BCUT2D eigenvalue weighted by atomic mass is 16.4. The summed E-state index contributed by atoms with van der Waals surface area (Å²) in [5.41, 5.74) is 1.63. The van der Waals surface area contributed by atoms with E-state index in [-0.39, 0.29) is 11.5 Å².